The Morgan fingerprint density at radius 1 is 1.33 bits per heavy atom. The zero-order valence-electron chi connectivity index (χ0n) is 14.6. The highest BCUT2D eigenvalue weighted by Crippen LogP contribution is 2.21. The summed E-state index contributed by atoms with van der Waals surface area (Å²) in [5.74, 6) is 0.440. The number of carbonyl (C=O) groups excluding carboxylic acids is 1. The molecule has 1 atom stereocenters. The van der Waals surface area contributed by atoms with E-state index < -0.39 is 6.10 Å². The highest BCUT2D eigenvalue weighted by atomic mass is 32.1. The third-order valence-electron chi connectivity index (χ3n) is 4.36. The molecule has 1 aliphatic rings. The number of ketones is 1. The monoisotopic (exact) mass is 383 g/mol. The summed E-state index contributed by atoms with van der Waals surface area (Å²) in [6.07, 6.45) is 2.43. The van der Waals surface area contributed by atoms with Crippen molar-refractivity contribution in [1.82, 2.24) is 19.5 Å². The van der Waals surface area contributed by atoms with E-state index >= 15 is 0 Å². The second kappa shape index (κ2) is 7.37. The van der Waals surface area contributed by atoms with Crippen LogP contribution in [0.25, 0.3) is 11.4 Å². The molecule has 0 aliphatic carbocycles. The van der Waals surface area contributed by atoms with Crippen molar-refractivity contribution in [3.05, 3.63) is 57.4 Å². The molecule has 138 valence electrons. The summed E-state index contributed by atoms with van der Waals surface area (Å²) in [5, 5.41) is 1.87. The Bertz CT molecular complexity index is 1000. The Kier molecular flexibility index (Phi) is 4.78. The molecule has 1 aliphatic heterocycles. The smallest absolute Gasteiger partial charge is 0.255 e. The molecule has 0 bridgehead atoms. The Labute approximate surface area is 159 Å². The first-order valence-corrected chi connectivity index (χ1v) is 9.30. The number of rotatable bonds is 4. The van der Waals surface area contributed by atoms with Gasteiger partial charge < -0.3 is 9.64 Å². The van der Waals surface area contributed by atoms with E-state index in [1.165, 1.54) is 28.3 Å². The van der Waals surface area contributed by atoms with Crippen LogP contribution in [0.2, 0.25) is 0 Å². The third-order valence-corrected chi connectivity index (χ3v) is 5.25. The van der Waals surface area contributed by atoms with Gasteiger partial charge in [0.1, 0.15) is 12.4 Å². The van der Waals surface area contributed by atoms with Crippen molar-refractivity contribution in [3.8, 4) is 11.4 Å². The number of nitrogens with zero attached hydrogens (tertiary/aromatic N) is 5. The number of anilines is 1. The van der Waals surface area contributed by atoms with Gasteiger partial charge in [-0.05, 0) is 17.5 Å². The maximum atomic E-state index is 12.6. The van der Waals surface area contributed by atoms with Gasteiger partial charge >= 0.3 is 0 Å². The fourth-order valence-electron chi connectivity index (χ4n) is 2.95. The van der Waals surface area contributed by atoms with Crippen molar-refractivity contribution in [1.29, 1.82) is 0 Å². The molecule has 0 saturated carbocycles. The summed E-state index contributed by atoms with van der Waals surface area (Å²) < 4.78 is 7.15. The molecule has 1 unspecified atom stereocenters. The molecule has 27 heavy (non-hydrogen) atoms. The average Bonchev–Trinajstić information content (AvgIpc) is 3.25. The first-order chi connectivity index (χ1) is 13.1. The maximum absolute atomic E-state index is 12.6. The van der Waals surface area contributed by atoms with Crippen LogP contribution in [0.15, 0.2) is 47.0 Å². The van der Waals surface area contributed by atoms with Crippen molar-refractivity contribution in [2.45, 2.75) is 6.10 Å². The predicted octanol–water partition coefficient (Wildman–Crippen LogP) is 1.39. The number of carbonyl (C=O) groups is 1. The average molecular weight is 383 g/mol. The molecule has 0 spiro atoms. The van der Waals surface area contributed by atoms with E-state index in [4.69, 9.17) is 4.74 Å². The third kappa shape index (κ3) is 3.51. The predicted molar refractivity (Wildman–Crippen MR) is 101 cm³/mol. The number of hydrogen-bond donors (Lipinski definition) is 0. The standard InChI is InChI=1S/C18H17N5O3S/c1-22-16(24)9-13(12-4-5-19-11-20-12)21-18(22)23-6-7-26-14(10-23)17(25)15-3-2-8-27-15/h2-5,8-9,11,14H,6-7,10H2,1H3. The molecule has 0 radical (unpaired) electrons. The molecular formula is C18H17N5O3S. The lowest BCUT2D eigenvalue weighted by molar-refractivity contribution is 0.0340. The van der Waals surface area contributed by atoms with Gasteiger partial charge in [-0.25, -0.2) is 15.0 Å². The van der Waals surface area contributed by atoms with Crippen molar-refractivity contribution >= 4 is 23.1 Å². The van der Waals surface area contributed by atoms with Crippen molar-refractivity contribution in [2.24, 2.45) is 7.05 Å². The van der Waals surface area contributed by atoms with Crippen LogP contribution < -0.4 is 10.5 Å². The lowest BCUT2D eigenvalue weighted by Crippen LogP contribution is -2.48. The minimum Gasteiger partial charge on any atom is -0.366 e. The number of aromatic nitrogens is 4. The van der Waals surface area contributed by atoms with Gasteiger partial charge in [0, 0.05) is 25.9 Å². The number of ether oxygens (including phenoxy) is 1. The fourth-order valence-corrected chi connectivity index (χ4v) is 3.66. The summed E-state index contributed by atoms with van der Waals surface area (Å²) in [7, 11) is 1.67. The van der Waals surface area contributed by atoms with Crippen LogP contribution in [-0.2, 0) is 11.8 Å². The quantitative estimate of drug-likeness (QED) is 0.629. The summed E-state index contributed by atoms with van der Waals surface area (Å²) in [6.45, 7) is 1.27. The van der Waals surface area contributed by atoms with E-state index in [1.807, 2.05) is 16.3 Å². The highest BCUT2D eigenvalue weighted by Gasteiger charge is 2.30. The molecule has 1 saturated heterocycles. The molecular weight excluding hydrogens is 366 g/mol. The molecule has 3 aromatic heterocycles. The first-order valence-electron chi connectivity index (χ1n) is 8.42. The van der Waals surface area contributed by atoms with E-state index in [-0.39, 0.29) is 11.3 Å². The van der Waals surface area contributed by atoms with Crippen LogP contribution in [0.5, 0.6) is 0 Å². The van der Waals surface area contributed by atoms with E-state index in [0.717, 1.165) is 0 Å². The molecule has 0 amide bonds. The van der Waals surface area contributed by atoms with Gasteiger partial charge in [-0.2, -0.15) is 0 Å². The van der Waals surface area contributed by atoms with Gasteiger partial charge in [-0.15, -0.1) is 11.3 Å². The molecule has 3 aromatic rings. The van der Waals surface area contributed by atoms with Crippen LogP contribution in [0.4, 0.5) is 5.95 Å². The van der Waals surface area contributed by atoms with E-state index in [2.05, 4.69) is 15.0 Å². The molecule has 0 aromatic carbocycles. The molecule has 8 nitrogen and oxygen atoms in total. The Hall–Kier alpha value is -2.91. The molecule has 0 N–H and O–H groups in total. The van der Waals surface area contributed by atoms with Gasteiger partial charge in [-0.3, -0.25) is 14.2 Å². The van der Waals surface area contributed by atoms with Crippen molar-refractivity contribution in [3.63, 3.8) is 0 Å². The maximum Gasteiger partial charge on any atom is 0.255 e. The lowest BCUT2D eigenvalue weighted by atomic mass is 10.1. The second-order valence-electron chi connectivity index (χ2n) is 6.08. The van der Waals surface area contributed by atoms with E-state index in [9.17, 15) is 9.59 Å². The lowest BCUT2D eigenvalue weighted by Gasteiger charge is -2.33. The van der Waals surface area contributed by atoms with Crippen LogP contribution in [-0.4, -0.2) is 51.1 Å². The highest BCUT2D eigenvalue weighted by molar-refractivity contribution is 7.12. The van der Waals surface area contributed by atoms with Crippen LogP contribution in [0.3, 0.4) is 0 Å². The second-order valence-corrected chi connectivity index (χ2v) is 7.03. The fraction of sp³-hybridized carbons (Fsp3) is 0.278. The minimum absolute atomic E-state index is 0.0494. The number of thiophene rings is 1. The number of morpholine rings is 1. The molecule has 9 heteroatoms. The summed E-state index contributed by atoms with van der Waals surface area (Å²) in [5.41, 5.74) is 0.854. The SMILES string of the molecule is Cn1c(N2CCOC(C(=O)c3cccs3)C2)nc(-c2ccncn2)cc1=O. The van der Waals surface area contributed by atoms with E-state index in [0.29, 0.717) is 41.9 Å². The summed E-state index contributed by atoms with van der Waals surface area (Å²) >= 11 is 1.39. The molecule has 1 fully saturated rings. The van der Waals surface area contributed by atoms with Crippen LogP contribution >= 0.6 is 11.3 Å². The summed E-state index contributed by atoms with van der Waals surface area (Å²) in [4.78, 5) is 40.3. The Balaban J connectivity index is 1.65. The van der Waals surface area contributed by atoms with Crippen molar-refractivity contribution < 1.29 is 9.53 Å². The van der Waals surface area contributed by atoms with Gasteiger partial charge in [0.2, 0.25) is 11.7 Å². The topological polar surface area (TPSA) is 90.2 Å². The van der Waals surface area contributed by atoms with E-state index in [1.54, 1.807) is 25.4 Å². The van der Waals surface area contributed by atoms with Gasteiger partial charge in [-0.1, -0.05) is 6.07 Å². The molecule has 4 heterocycles. The largest absolute Gasteiger partial charge is 0.366 e. The zero-order valence-corrected chi connectivity index (χ0v) is 15.4. The minimum atomic E-state index is -0.586. The van der Waals surface area contributed by atoms with Gasteiger partial charge in [0.05, 0.1) is 29.4 Å². The van der Waals surface area contributed by atoms with Crippen LogP contribution in [0.1, 0.15) is 9.67 Å². The summed E-state index contributed by atoms with van der Waals surface area (Å²) in [6, 6.07) is 6.78. The Morgan fingerprint density at radius 2 is 2.22 bits per heavy atom. The van der Waals surface area contributed by atoms with Gasteiger partial charge in [0.15, 0.2) is 0 Å². The zero-order chi connectivity index (χ0) is 18.8. The number of hydrogen-bond acceptors (Lipinski definition) is 8. The first kappa shape index (κ1) is 17.5. The van der Waals surface area contributed by atoms with Crippen LogP contribution in [0, 0.1) is 0 Å². The Morgan fingerprint density at radius 3 is 2.96 bits per heavy atom. The van der Waals surface area contributed by atoms with Crippen molar-refractivity contribution in [2.75, 3.05) is 24.6 Å². The van der Waals surface area contributed by atoms with Gasteiger partial charge in [0.25, 0.3) is 5.56 Å². The molecule has 4 rings (SSSR count). The number of Topliss-reactive ketones (excluding diaryl/α,β-unsaturated/α-hetero) is 1. The normalized spacial score (nSPS) is 17.1.